The molecule has 116 valence electrons. The van der Waals surface area contributed by atoms with E-state index in [9.17, 15) is 31.1 Å². The Morgan fingerprint density at radius 2 is 1.55 bits per heavy atom. The Hall–Kier alpha value is -2.38. The van der Waals surface area contributed by atoms with E-state index in [0.717, 1.165) is 24.3 Å². The Bertz CT molecular complexity index is 705. The van der Waals surface area contributed by atoms with Gasteiger partial charge < -0.3 is 0 Å². The molecule has 0 unspecified atom stereocenters. The molecular formula is C14H7F6NO. The Morgan fingerprint density at radius 3 is 2.09 bits per heavy atom. The zero-order valence-electron chi connectivity index (χ0n) is 10.7. The van der Waals surface area contributed by atoms with Crippen molar-refractivity contribution in [3.8, 4) is 11.3 Å². The van der Waals surface area contributed by atoms with Gasteiger partial charge in [0.2, 0.25) is 0 Å². The quantitative estimate of drug-likeness (QED) is 0.598. The molecule has 0 aliphatic rings. The van der Waals surface area contributed by atoms with Crippen molar-refractivity contribution in [1.82, 2.24) is 4.98 Å². The number of aromatic nitrogens is 1. The highest BCUT2D eigenvalue weighted by Gasteiger charge is 2.36. The van der Waals surface area contributed by atoms with Crippen LogP contribution in [-0.2, 0) is 12.4 Å². The fraction of sp³-hybridized carbons (Fsp3) is 0.143. The number of halogens is 6. The number of hydrogen-bond donors (Lipinski definition) is 0. The van der Waals surface area contributed by atoms with Gasteiger partial charge in [0, 0.05) is 11.1 Å². The van der Waals surface area contributed by atoms with Crippen LogP contribution < -0.4 is 0 Å². The van der Waals surface area contributed by atoms with Crippen LogP contribution in [0.1, 0.15) is 21.6 Å². The molecule has 0 bridgehead atoms. The van der Waals surface area contributed by atoms with Crippen LogP contribution in [0.25, 0.3) is 11.3 Å². The molecule has 0 atom stereocenters. The highest BCUT2D eigenvalue weighted by Crippen LogP contribution is 2.37. The Kier molecular flexibility index (Phi) is 3.95. The predicted octanol–water partition coefficient (Wildman–Crippen LogP) is 4.60. The second kappa shape index (κ2) is 5.43. The first kappa shape index (κ1) is 16.0. The van der Waals surface area contributed by atoms with Crippen LogP contribution in [0.15, 0.2) is 36.4 Å². The third kappa shape index (κ3) is 3.26. The van der Waals surface area contributed by atoms with E-state index >= 15 is 0 Å². The standard InChI is InChI=1S/C14H7F6NO/c15-13(16,17)10-4-2-1-3-9(10)11-5-8(7-22)6-12(21-11)14(18,19)20/h1-7H. The van der Waals surface area contributed by atoms with Gasteiger partial charge in [0.15, 0.2) is 0 Å². The molecular weight excluding hydrogens is 312 g/mol. The largest absolute Gasteiger partial charge is 0.433 e. The third-order valence-corrected chi connectivity index (χ3v) is 2.78. The highest BCUT2D eigenvalue weighted by molar-refractivity contribution is 5.78. The normalized spacial score (nSPS) is 12.3. The first-order valence-corrected chi connectivity index (χ1v) is 5.84. The molecule has 22 heavy (non-hydrogen) atoms. The van der Waals surface area contributed by atoms with E-state index in [1.165, 1.54) is 6.07 Å². The number of pyridine rings is 1. The summed E-state index contributed by atoms with van der Waals surface area (Å²) in [6, 6.07) is 5.45. The Morgan fingerprint density at radius 1 is 0.909 bits per heavy atom. The van der Waals surface area contributed by atoms with Crippen molar-refractivity contribution >= 4 is 6.29 Å². The third-order valence-electron chi connectivity index (χ3n) is 2.78. The molecule has 0 spiro atoms. The second-order valence-electron chi connectivity index (χ2n) is 4.33. The van der Waals surface area contributed by atoms with Gasteiger partial charge in [0.05, 0.1) is 11.3 Å². The summed E-state index contributed by atoms with van der Waals surface area (Å²) < 4.78 is 77.0. The smallest absolute Gasteiger partial charge is 0.298 e. The minimum absolute atomic E-state index is 0.122. The Balaban J connectivity index is 2.71. The lowest BCUT2D eigenvalue weighted by atomic mass is 10.0. The molecule has 0 fully saturated rings. The predicted molar refractivity (Wildman–Crippen MR) is 65.1 cm³/mol. The van der Waals surface area contributed by atoms with Crippen LogP contribution in [0.5, 0.6) is 0 Å². The van der Waals surface area contributed by atoms with Gasteiger partial charge in [-0.1, -0.05) is 18.2 Å². The van der Waals surface area contributed by atoms with E-state index < -0.39 is 40.4 Å². The molecule has 0 amide bonds. The fourth-order valence-corrected chi connectivity index (χ4v) is 1.86. The molecule has 0 aliphatic heterocycles. The first-order valence-electron chi connectivity index (χ1n) is 5.84. The van der Waals surface area contributed by atoms with E-state index in [2.05, 4.69) is 4.98 Å². The lowest BCUT2D eigenvalue weighted by Crippen LogP contribution is -2.11. The molecule has 0 saturated carbocycles. The van der Waals surface area contributed by atoms with Crippen LogP contribution in [0, 0.1) is 0 Å². The lowest BCUT2D eigenvalue weighted by Gasteiger charge is -2.14. The van der Waals surface area contributed by atoms with E-state index in [0.29, 0.717) is 6.07 Å². The zero-order chi connectivity index (χ0) is 16.5. The fourth-order valence-electron chi connectivity index (χ4n) is 1.86. The first-order chi connectivity index (χ1) is 10.1. The van der Waals surface area contributed by atoms with Gasteiger partial charge in [-0.25, -0.2) is 4.98 Å². The average molecular weight is 319 g/mol. The molecule has 0 N–H and O–H groups in total. The molecule has 1 heterocycles. The maximum Gasteiger partial charge on any atom is 0.433 e. The van der Waals surface area contributed by atoms with Gasteiger partial charge in [-0.2, -0.15) is 26.3 Å². The molecule has 0 aliphatic carbocycles. The zero-order valence-corrected chi connectivity index (χ0v) is 10.7. The summed E-state index contributed by atoms with van der Waals surface area (Å²) in [6.07, 6.45) is -9.51. The second-order valence-corrected chi connectivity index (χ2v) is 4.33. The van der Waals surface area contributed by atoms with Crippen LogP contribution in [0.4, 0.5) is 26.3 Å². The van der Waals surface area contributed by atoms with Crippen LogP contribution in [0.3, 0.4) is 0 Å². The van der Waals surface area contributed by atoms with E-state index in [-0.39, 0.29) is 6.29 Å². The number of hydrogen-bond acceptors (Lipinski definition) is 2. The maximum absolute atomic E-state index is 12.9. The summed E-state index contributed by atoms with van der Waals surface area (Å²) in [7, 11) is 0. The lowest BCUT2D eigenvalue weighted by molar-refractivity contribution is -0.141. The molecule has 2 rings (SSSR count). The molecule has 1 aromatic carbocycles. The van der Waals surface area contributed by atoms with Crippen molar-refractivity contribution in [3.05, 3.63) is 53.2 Å². The monoisotopic (exact) mass is 319 g/mol. The molecule has 8 heteroatoms. The van der Waals surface area contributed by atoms with Crippen molar-refractivity contribution in [2.24, 2.45) is 0 Å². The minimum atomic E-state index is -4.87. The van der Waals surface area contributed by atoms with Crippen LogP contribution in [0.2, 0.25) is 0 Å². The van der Waals surface area contributed by atoms with Crippen LogP contribution >= 0.6 is 0 Å². The summed E-state index contributed by atoms with van der Waals surface area (Å²) in [4.78, 5) is 13.9. The topological polar surface area (TPSA) is 30.0 Å². The van der Waals surface area contributed by atoms with Gasteiger partial charge in [-0.05, 0) is 18.2 Å². The van der Waals surface area contributed by atoms with Gasteiger partial charge in [-0.3, -0.25) is 4.79 Å². The van der Waals surface area contributed by atoms with E-state index in [4.69, 9.17) is 0 Å². The van der Waals surface area contributed by atoms with Gasteiger partial charge in [0.1, 0.15) is 12.0 Å². The van der Waals surface area contributed by atoms with Crippen molar-refractivity contribution in [2.45, 2.75) is 12.4 Å². The summed E-state index contributed by atoms with van der Waals surface area (Å²) in [5, 5.41) is 0. The van der Waals surface area contributed by atoms with Gasteiger partial charge in [0.25, 0.3) is 0 Å². The molecule has 0 radical (unpaired) electrons. The summed E-state index contributed by atoms with van der Waals surface area (Å²) in [5.74, 6) is 0. The maximum atomic E-state index is 12.9. The number of alkyl halides is 6. The van der Waals surface area contributed by atoms with Crippen LogP contribution in [-0.4, -0.2) is 11.3 Å². The molecule has 0 saturated heterocycles. The van der Waals surface area contributed by atoms with Crippen molar-refractivity contribution in [3.63, 3.8) is 0 Å². The summed E-state index contributed by atoms with van der Waals surface area (Å²) in [6.45, 7) is 0. The van der Waals surface area contributed by atoms with Gasteiger partial charge >= 0.3 is 12.4 Å². The SMILES string of the molecule is O=Cc1cc(-c2ccccc2C(F)(F)F)nc(C(F)(F)F)c1. The number of rotatable bonds is 2. The molecule has 2 aromatic rings. The summed E-state index contributed by atoms with van der Waals surface area (Å²) >= 11 is 0. The van der Waals surface area contributed by atoms with Crippen molar-refractivity contribution in [1.29, 1.82) is 0 Å². The number of carbonyl (C=O) groups is 1. The average Bonchev–Trinajstić information content (AvgIpc) is 2.45. The minimum Gasteiger partial charge on any atom is -0.298 e. The molecule has 2 nitrogen and oxygen atoms in total. The van der Waals surface area contributed by atoms with Crippen molar-refractivity contribution < 1.29 is 31.1 Å². The number of carbonyl (C=O) groups excluding carboxylic acids is 1. The highest BCUT2D eigenvalue weighted by atomic mass is 19.4. The number of benzene rings is 1. The van der Waals surface area contributed by atoms with Crippen molar-refractivity contribution in [2.75, 3.05) is 0 Å². The van der Waals surface area contributed by atoms with Gasteiger partial charge in [-0.15, -0.1) is 0 Å². The number of nitrogens with zero attached hydrogens (tertiary/aromatic N) is 1. The Labute approximate surface area is 120 Å². The summed E-state index contributed by atoms with van der Waals surface area (Å²) in [5.41, 5.74) is -4.05. The molecule has 1 aromatic heterocycles. The van der Waals surface area contributed by atoms with E-state index in [1.54, 1.807) is 0 Å². The number of aldehydes is 1. The van der Waals surface area contributed by atoms with E-state index in [1.807, 2.05) is 0 Å².